The van der Waals surface area contributed by atoms with E-state index < -0.39 is 0 Å². The Balaban J connectivity index is 1.17. The van der Waals surface area contributed by atoms with Gasteiger partial charge >= 0.3 is 0 Å². The van der Waals surface area contributed by atoms with E-state index in [4.69, 9.17) is 4.98 Å². The second kappa shape index (κ2) is 12.3. The van der Waals surface area contributed by atoms with Gasteiger partial charge in [0.2, 0.25) is 0 Å². The molecule has 0 spiro atoms. The van der Waals surface area contributed by atoms with Crippen molar-refractivity contribution in [2.24, 2.45) is 0 Å². The van der Waals surface area contributed by atoms with E-state index in [1.54, 1.807) is 0 Å². The van der Waals surface area contributed by atoms with Crippen LogP contribution >= 0.6 is 0 Å². The van der Waals surface area contributed by atoms with Crippen LogP contribution in [0.3, 0.4) is 0 Å². The van der Waals surface area contributed by atoms with Gasteiger partial charge in [0.15, 0.2) is 0 Å². The zero-order chi connectivity index (χ0) is 38.6. The van der Waals surface area contributed by atoms with Crippen molar-refractivity contribution in [1.29, 1.82) is 0 Å². The third-order valence-electron chi connectivity index (χ3n) is 12.4. The summed E-state index contributed by atoms with van der Waals surface area (Å²) < 4.78 is 7.42. The lowest BCUT2D eigenvalue weighted by Crippen LogP contribution is -2.01. The lowest BCUT2D eigenvalue weighted by Gasteiger charge is -2.16. The first-order chi connectivity index (χ1) is 29.3. The first-order valence-corrected chi connectivity index (χ1v) is 20.2. The highest BCUT2D eigenvalue weighted by atomic mass is 15.1. The molecule has 0 aliphatic carbocycles. The molecule has 13 rings (SSSR count). The Morgan fingerprint density at radius 3 is 1.31 bits per heavy atom. The summed E-state index contributed by atoms with van der Waals surface area (Å²) in [7, 11) is 0. The minimum atomic E-state index is 0.989. The molecule has 0 amide bonds. The number of hydrogen-bond donors (Lipinski definition) is 0. The Hall–Kier alpha value is -7.95. The van der Waals surface area contributed by atoms with Crippen LogP contribution in [-0.2, 0) is 0 Å². The van der Waals surface area contributed by atoms with Crippen LogP contribution in [0, 0.1) is 0 Å². The van der Waals surface area contributed by atoms with Crippen molar-refractivity contribution in [2.45, 2.75) is 0 Å². The Bertz CT molecular complexity index is 3830. The van der Waals surface area contributed by atoms with Gasteiger partial charge in [-0.15, -0.1) is 0 Å². The van der Waals surface area contributed by atoms with Gasteiger partial charge in [-0.1, -0.05) is 152 Å². The third-order valence-corrected chi connectivity index (χ3v) is 12.4. The van der Waals surface area contributed by atoms with Crippen LogP contribution in [0.2, 0.25) is 0 Å². The van der Waals surface area contributed by atoms with Crippen LogP contribution in [-0.4, -0.2) is 18.7 Å². The molecule has 0 N–H and O–H groups in total. The monoisotopic (exact) mass is 750 g/mol. The van der Waals surface area contributed by atoms with Gasteiger partial charge in [-0.05, 0) is 60.0 Å². The standard InChI is InChI=1S/C55H34N4/c1-3-16-35(17-4-1)52-51-43(39-22-7-11-26-47(39)56-52)30-31-44-40-23-8-13-28-49(40)58(53(44)51)37-20-15-21-38(34-37)59-50-29-14-10-25-42(50)46-33-32-45-41-24-9-12-27-48(41)57(54(45)55(46)59)36-18-5-2-6-19-36/h1-34H. The van der Waals surface area contributed by atoms with E-state index in [1.165, 1.54) is 59.8 Å². The zero-order valence-electron chi connectivity index (χ0n) is 31.9. The lowest BCUT2D eigenvalue weighted by molar-refractivity contribution is 1.13. The molecule has 59 heavy (non-hydrogen) atoms. The van der Waals surface area contributed by atoms with E-state index >= 15 is 0 Å². The molecule has 4 nitrogen and oxygen atoms in total. The highest BCUT2D eigenvalue weighted by molar-refractivity contribution is 6.26. The number of aromatic nitrogens is 4. The number of rotatable bonds is 4. The molecule has 0 unspecified atom stereocenters. The fourth-order valence-electron chi connectivity index (χ4n) is 9.96. The summed E-state index contributed by atoms with van der Waals surface area (Å²) >= 11 is 0. The largest absolute Gasteiger partial charge is 0.308 e. The average molecular weight is 751 g/mol. The molecule has 4 aromatic heterocycles. The Morgan fingerprint density at radius 2 is 0.712 bits per heavy atom. The summed E-state index contributed by atoms with van der Waals surface area (Å²) in [6, 6.07) is 74.8. The maximum absolute atomic E-state index is 5.42. The van der Waals surface area contributed by atoms with Crippen LogP contribution in [0.5, 0.6) is 0 Å². The predicted octanol–water partition coefficient (Wildman–Crippen LogP) is 14.3. The highest BCUT2D eigenvalue weighted by Gasteiger charge is 2.23. The van der Waals surface area contributed by atoms with E-state index in [1.807, 2.05) is 0 Å². The van der Waals surface area contributed by atoms with Crippen LogP contribution in [0.1, 0.15) is 0 Å². The molecule has 0 aliphatic heterocycles. The van der Waals surface area contributed by atoms with E-state index in [0.717, 1.165) is 55.6 Å². The SMILES string of the molecule is c1ccc(-c2nc3ccccc3c3ccc4c5ccccc5n(-c5cccc(-n6c7ccccc7c7ccc8c9ccccc9n(-c9ccccc9)c8c76)c5)c4c23)cc1. The fourth-order valence-corrected chi connectivity index (χ4v) is 9.96. The van der Waals surface area contributed by atoms with E-state index in [-0.39, 0.29) is 0 Å². The number of pyridine rings is 1. The maximum atomic E-state index is 5.42. The van der Waals surface area contributed by atoms with Crippen molar-refractivity contribution in [3.63, 3.8) is 0 Å². The van der Waals surface area contributed by atoms with Crippen LogP contribution in [0.25, 0.3) is 115 Å². The van der Waals surface area contributed by atoms with Crippen molar-refractivity contribution in [2.75, 3.05) is 0 Å². The molecule has 9 aromatic carbocycles. The van der Waals surface area contributed by atoms with Gasteiger partial charge in [0.25, 0.3) is 0 Å². The quantitative estimate of drug-likeness (QED) is 0.165. The normalized spacial score (nSPS) is 12.1. The van der Waals surface area contributed by atoms with Crippen molar-refractivity contribution >= 4 is 87.1 Å². The molecular weight excluding hydrogens is 717 g/mol. The van der Waals surface area contributed by atoms with Gasteiger partial charge < -0.3 is 13.7 Å². The summed E-state index contributed by atoms with van der Waals surface area (Å²) in [5, 5.41) is 10.9. The Labute approximate surface area is 339 Å². The molecule has 4 heterocycles. The van der Waals surface area contributed by atoms with Gasteiger partial charge in [0.05, 0.1) is 44.3 Å². The molecule has 0 fully saturated rings. The molecule has 274 valence electrons. The minimum absolute atomic E-state index is 0.989. The Morgan fingerprint density at radius 1 is 0.288 bits per heavy atom. The highest BCUT2D eigenvalue weighted by Crippen LogP contribution is 2.44. The van der Waals surface area contributed by atoms with E-state index in [9.17, 15) is 0 Å². The summed E-state index contributed by atoms with van der Waals surface area (Å²) in [4.78, 5) is 5.42. The summed E-state index contributed by atoms with van der Waals surface area (Å²) in [6.45, 7) is 0. The topological polar surface area (TPSA) is 27.7 Å². The fraction of sp³-hybridized carbons (Fsp3) is 0. The third kappa shape index (κ3) is 4.51. The maximum Gasteiger partial charge on any atom is 0.0809 e. The number of nitrogens with zero attached hydrogens (tertiary/aromatic N) is 4. The predicted molar refractivity (Wildman–Crippen MR) is 248 cm³/mol. The molecule has 0 aliphatic rings. The van der Waals surface area contributed by atoms with Gasteiger partial charge in [-0.25, -0.2) is 4.98 Å². The first-order valence-electron chi connectivity index (χ1n) is 20.2. The minimum Gasteiger partial charge on any atom is -0.308 e. The van der Waals surface area contributed by atoms with Crippen molar-refractivity contribution in [3.8, 4) is 28.3 Å². The van der Waals surface area contributed by atoms with E-state index in [0.29, 0.717) is 0 Å². The average Bonchev–Trinajstić information content (AvgIpc) is 3.95. The van der Waals surface area contributed by atoms with Gasteiger partial charge in [0, 0.05) is 65.7 Å². The van der Waals surface area contributed by atoms with Gasteiger partial charge in [-0.3, -0.25) is 0 Å². The number of benzene rings is 9. The van der Waals surface area contributed by atoms with Crippen LogP contribution in [0.4, 0.5) is 0 Å². The first kappa shape index (κ1) is 32.2. The van der Waals surface area contributed by atoms with Gasteiger partial charge in [0.1, 0.15) is 0 Å². The molecular formula is C55H34N4. The molecule has 0 radical (unpaired) electrons. The van der Waals surface area contributed by atoms with Crippen LogP contribution < -0.4 is 0 Å². The van der Waals surface area contributed by atoms with Crippen molar-refractivity contribution < 1.29 is 0 Å². The smallest absolute Gasteiger partial charge is 0.0809 e. The molecule has 0 saturated carbocycles. The zero-order valence-corrected chi connectivity index (χ0v) is 31.9. The second-order valence-corrected chi connectivity index (χ2v) is 15.5. The molecule has 0 saturated heterocycles. The summed E-state index contributed by atoms with van der Waals surface area (Å²) in [6.07, 6.45) is 0. The van der Waals surface area contributed by atoms with Crippen molar-refractivity contribution in [1.82, 2.24) is 18.7 Å². The van der Waals surface area contributed by atoms with E-state index in [2.05, 4.69) is 220 Å². The number of para-hydroxylation sites is 5. The lowest BCUT2D eigenvalue weighted by atomic mass is 9.97. The number of hydrogen-bond acceptors (Lipinski definition) is 1. The molecule has 0 atom stereocenters. The van der Waals surface area contributed by atoms with Crippen molar-refractivity contribution in [3.05, 3.63) is 206 Å². The van der Waals surface area contributed by atoms with Crippen LogP contribution in [0.15, 0.2) is 206 Å². The summed E-state index contributed by atoms with van der Waals surface area (Å²) in [5.41, 5.74) is 13.5. The molecule has 4 heteroatoms. The summed E-state index contributed by atoms with van der Waals surface area (Å²) in [5.74, 6) is 0. The van der Waals surface area contributed by atoms with Gasteiger partial charge in [-0.2, -0.15) is 0 Å². The molecule has 13 aromatic rings. The Kier molecular flexibility index (Phi) is 6.69. The molecule has 0 bridgehead atoms. The second-order valence-electron chi connectivity index (χ2n) is 15.5. The number of fused-ring (bicyclic) bond motifs is 14.